The third-order valence-electron chi connectivity index (χ3n) is 3.72. The molecular formula is C18H26N2O. The number of nitrogens with zero attached hydrogens (tertiary/aromatic N) is 1. The van der Waals surface area contributed by atoms with E-state index >= 15 is 0 Å². The first-order valence-electron chi connectivity index (χ1n) is 7.66. The minimum Gasteiger partial charge on any atom is -0.468 e. The van der Waals surface area contributed by atoms with E-state index in [4.69, 9.17) is 4.42 Å². The van der Waals surface area contributed by atoms with Gasteiger partial charge in [0.05, 0.1) is 12.8 Å². The van der Waals surface area contributed by atoms with Gasteiger partial charge in [-0.3, -0.25) is 0 Å². The second kappa shape index (κ2) is 7.32. The van der Waals surface area contributed by atoms with Crippen LogP contribution in [0.1, 0.15) is 35.8 Å². The van der Waals surface area contributed by atoms with Gasteiger partial charge < -0.3 is 14.6 Å². The molecule has 1 N–H and O–H groups in total. The molecule has 0 saturated carbocycles. The molecule has 0 aliphatic rings. The van der Waals surface area contributed by atoms with E-state index in [0.29, 0.717) is 0 Å². The lowest BCUT2D eigenvalue weighted by atomic mass is 10.1. The van der Waals surface area contributed by atoms with Gasteiger partial charge in [0, 0.05) is 24.8 Å². The lowest BCUT2D eigenvalue weighted by Gasteiger charge is -2.21. The van der Waals surface area contributed by atoms with Gasteiger partial charge in [0.2, 0.25) is 0 Å². The lowest BCUT2D eigenvalue weighted by Crippen LogP contribution is -2.20. The zero-order valence-electron chi connectivity index (χ0n) is 13.6. The van der Waals surface area contributed by atoms with Crippen molar-refractivity contribution < 1.29 is 4.42 Å². The molecule has 2 aromatic rings. The van der Waals surface area contributed by atoms with Crippen molar-refractivity contribution in [2.45, 2.75) is 40.3 Å². The SMILES string of the molecule is CCCNCc1occc1CN(C)c1ccc(C)cc1C. The maximum Gasteiger partial charge on any atom is 0.122 e. The predicted molar refractivity (Wildman–Crippen MR) is 88.7 cm³/mol. The van der Waals surface area contributed by atoms with E-state index in [1.807, 2.05) is 0 Å². The Morgan fingerprint density at radius 1 is 1.19 bits per heavy atom. The summed E-state index contributed by atoms with van der Waals surface area (Å²) in [5.41, 5.74) is 5.14. The summed E-state index contributed by atoms with van der Waals surface area (Å²) in [6, 6.07) is 8.66. The summed E-state index contributed by atoms with van der Waals surface area (Å²) >= 11 is 0. The monoisotopic (exact) mass is 286 g/mol. The summed E-state index contributed by atoms with van der Waals surface area (Å²) in [5, 5.41) is 3.40. The molecule has 0 bridgehead atoms. The van der Waals surface area contributed by atoms with Crippen LogP contribution in [0.4, 0.5) is 5.69 Å². The van der Waals surface area contributed by atoms with Gasteiger partial charge in [-0.15, -0.1) is 0 Å². The Labute approximate surface area is 128 Å². The fourth-order valence-corrected chi connectivity index (χ4v) is 2.62. The van der Waals surface area contributed by atoms with Crippen molar-refractivity contribution in [3.05, 3.63) is 53.0 Å². The maximum absolute atomic E-state index is 5.61. The average Bonchev–Trinajstić information content (AvgIpc) is 2.86. The molecular weight excluding hydrogens is 260 g/mol. The summed E-state index contributed by atoms with van der Waals surface area (Å²) in [6.07, 6.45) is 2.92. The Kier molecular flexibility index (Phi) is 5.45. The number of furan rings is 1. The van der Waals surface area contributed by atoms with Crippen molar-refractivity contribution in [3.63, 3.8) is 0 Å². The molecule has 0 unspecified atom stereocenters. The van der Waals surface area contributed by atoms with E-state index in [2.05, 4.69) is 62.3 Å². The number of rotatable bonds is 7. The Balaban J connectivity index is 2.05. The van der Waals surface area contributed by atoms with Crippen molar-refractivity contribution in [1.82, 2.24) is 5.32 Å². The van der Waals surface area contributed by atoms with Gasteiger partial charge in [-0.2, -0.15) is 0 Å². The molecule has 0 amide bonds. The lowest BCUT2D eigenvalue weighted by molar-refractivity contribution is 0.478. The van der Waals surface area contributed by atoms with E-state index < -0.39 is 0 Å². The van der Waals surface area contributed by atoms with E-state index in [-0.39, 0.29) is 0 Å². The summed E-state index contributed by atoms with van der Waals surface area (Å²) in [7, 11) is 2.13. The minimum absolute atomic E-state index is 0.802. The molecule has 2 rings (SSSR count). The quantitative estimate of drug-likeness (QED) is 0.779. The van der Waals surface area contributed by atoms with Gasteiger partial charge in [0.1, 0.15) is 5.76 Å². The average molecular weight is 286 g/mol. The normalized spacial score (nSPS) is 10.9. The second-order valence-corrected chi connectivity index (χ2v) is 5.69. The van der Waals surface area contributed by atoms with Crippen molar-refractivity contribution in [2.24, 2.45) is 0 Å². The number of hydrogen-bond donors (Lipinski definition) is 1. The summed E-state index contributed by atoms with van der Waals surface area (Å²) < 4.78 is 5.61. The van der Waals surface area contributed by atoms with Gasteiger partial charge in [-0.1, -0.05) is 24.6 Å². The van der Waals surface area contributed by atoms with Crippen LogP contribution in [0.5, 0.6) is 0 Å². The fraction of sp³-hybridized carbons (Fsp3) is 0.444. The highest BCUT2D eigenvalue weighted by atomic mass is 16.3. The highest BCUT2D eigenvalue weighted by Gasteiger charge is 2.11. The van der Waals surface area contributed by atoms with Crippen LogP contribution >= 0.6 is 0 Å². The molecule has 0 aliphatic carbocycles. The molecule has 1 heterocycles. The first-order chi connectivity index (χ1) is 10.1. The van der Waals surface area contributed by atoms with Gasteiger partial charge in [-0.25, -0.2) is 0 Å². The standard InChI is InChI=1S/C18H26N2O/c1-5-9-19-12-18-16(8-10-21-18)13-20(4)17-7-6-14(2)11-15(17)3/h6-8,10-11,19H,5,9,12-13H2,1-4H3. The third-order valence-corrected chi connectivity index (χ3v) is 3.72. The topological polar surface area (TPSA) is 28.4 Å². The van der Waals surface area contributed by atoms with Crippen molar-refractivity contribution >= 4 is 5.69 Å². The van der Waals surface area contributed by atoms with Gasteiger partial charge in [-0.05, 0) is 44.5 Å². The largest absolute Gasteiger partial charge is 0.468 e. The van der Waals surface area contributed by atoms with Crippen LogP contribution in [0, 0.1) is 13.8 Å². The highest BCUT2D eigenvalue weighted by Crippen LogP contribution is 2.23. The molecule has 0 spiro atoms. The Morgan fingerprint density at radius 2 is 2.00 bits per heavy atom. The molecule has 1 aromatic heterocycles. The van der Waals surface area contributed by atoms with Crippen LogP contribution in [-0.2, 0) is 13.1 Å². The molecule has 0 radical (unpaired) electrons. The van der Waals surface area contributed by atoms with Crippen LogP contribution < -0.4 is 10.2 Å². The fourth-order valence-electron chi connectivity index (χ4n) is 2.62. The third kappa shape index (κ3) is 4.11. The summed E-state index contributed by atoms with van der Waals surface area (Å²) in [5.74, 6) is 1.04. The predicted octanol–water partition coefficient (Wildman–Crippen LogP) is 4.03. The zero-order chi connectivity index (χ0) is 15.2. The van der Waals surface area contributed by atoms with Crippen LogP contribution in [0.3, 0.4) is 0 Å². The number of hydrogen-bond acceptors (Lipinski definition) is 3. The van der Waals surface area contributed by atoms with Gasteiger partial charge >= 0.3 is 0 Å². The van der Waals surface area contributed by atoms with Crippen molar-refractivity contribution in [1.29, 1.82) is 0 Å². The molecule has 0 atom stereocenters. The number of nitrogens with one attached hydrogen (secondary N) is 1. The first-order valence-corrected chi connectivity index (χ1v) is 7.66. The van der Waals surface area contributed by atoms with Crippen molar-refractivity contribution in [3.8, 4) is 0 Å². The Hall–Kier alpha value is -1.74. The maximum atomic E-state index is 5.61. The number of anilines is 1. The molecule has 21 heavy (non-hydrogen) atoms. The molecule has 114 valence electrons. The molecule has 3 heteroatoms. The first kappa shape index (κ1) is 15.6. The van der Waals surface area contributed by atoms with E-state index in [9.17, 15) is 0 Å². The summed E-state index contributed by atoms with van der Waals surface area (Å²) in [4.78, 5) is 2.28. The highest BCUT2D eigenvalue weighted by molar-refractivity contribution is 5.54. The van der Waals surface area contributed by atoms with E-state index in [0.717, 1.165) is 31.8 Å². The minimum atomic E-state index is 0.802. The van der Waals surface area contributed by atoms with Crippen LogP contribution in [0.25, 0.3) is 0 Å². The van der Waals surface area contributed by atoms with Crippen LogP contribution in [0.2, 0.25) is 0 Å². The number of benzene rings is 1. The molecule has 0 aliphatic heterocycles. The zero-order valence-corrected chi connectivity index (χ0v) is 13.6. The number of aryl methyl sites for hydroxylation is 2. The molecule has 3 nitrogen and oxygen atoms in total. The van der Waals surface area contributed by atoms with E-state index in [1.165, 1.54) is 22.4 Å². The summed E-state index contributed by atoms with van der Waals surface area (Å²) in [6.45, 7) is 9.15. The van der Waals surface area contributed by atoms with E-state index in [1.54, 1.807) is 6.26 Å². The van der Waals surface area contributed by atoms with Gasteiger partial charge in [0.25, 0.3) is 0 Å². The second-order valence-electron chi connectivity index (χ2n) is 5.69. The molecule has 0 saturated heterocycles. The molecule has 0 fully saturated rings. The Morgan fingerprint density at radius 3 is 2.71 bits per heavy atom. The van der Waals surface area contributed by atoms with Crippen LogP contribution in [0.15, 0.2) is 34.9 Å². The van der Waals surface area contributed by atoms with Gasteiger partial charge in [0.15, 0.2) is 0 Å². The van der Waals surface area contributed by atoms with Crippen LogP contribution in [-0.4, -0.2) is 13.6 Å². The Bertz CT molecular complexity index is 574. The smallest absolute Gasteiger partial charge is 0.122 e. The van der Waals surface area contributed by atoms with Crippen molar-refractivity contribution in [2.75, 3.05) is 18.5 Å². The molecule has 1 aromatic carbocycles.